The summed E-state index contributed by atoms with van der Waals surface area (Å²) in [6.45, 7) is 12.0. The number of aliphatic imine (C=N–C) groups is 1. The molecule has 2 aliphatic heterocycles. The van der Waals surface area contributed by atoms with E-state index in [2.05, 4.69) is 88.4 Å². The third-order valence-corrected chi connectivity index (χ3v) is 13.6. The summed E-state index contributed by atoms with van der Waals surface area (Å²) in [4.78, 5) is 34.6. The van der Waals surface area contributed by atoms with Crippen LogP contribution in [0, 0.1) is 29.1 Å². The van der Waals surface area contributed by atoms with Gasteiger partial charge >= 0.3 is 0 Å². The molecule has 3 aromatic carbocycles. The summed E-state index contributed by atoms with van der Waals surface area (Å²) < 4.78 is 30.7. The fourth-order valence-electron chi connectivity index (χ4n) is 10.4. The lowest BCUT2D eigenvalue weighted by Crippen LogP contribution is -2.74. The molecule has 0 unspecified atom stereocenters. The number of amides is 1. The molecule has 3 fully saturated rings. The maximum Gasteiger partial charge on any atom is 0.254 e. The number of anilines is 1. The van der Waals surface area contributed by atoms with E-state index in [1.807, 2.05) is 31.2 Å². The molecule has 1 amide bonds. The molecule has 5 heterocycles. The number of rotatable bonds is 10. The van der Waals surface area contributed by atoms with E-state index in [0.717, 1.165) is 52.3 Å². The van der Waals surface area contributed by atoms with Gasteiger partial charge in [0.25, 0.3) is 5.91 Å². The van der Waals surface area contributed by atoms with Gasteiger partial charge in [0.1, 0.15) is 42.1 Å². The molecule has 0 radical (unpaired) electrons. The Hall–Kier alpha value is -6.56. The van der Waals surface area contributed by atoms with Gasteiger partial charge in [-0.3, -0.25) is 9.79 Å². The van der Waals surface area contributed by atoms with Gasteiger partial charge < -0.3 is 33.4 Å². The number of carbonyl (C=O) groups excluding carboxylic acids is 1. The van der Waals surface area contributed by atoms with Crippen molar-refractivity contribution < 1.29 is 27.9 Å². The Bertz CT molecular complexity index is 2770. The molecule has 4 aliphatic rings. The summed E-state index contributed by atoms with van der Waals surface area (Å²) >= 11 is 6.27. The molecule has 2 aliphatic carbocycles. The predicted octanol–water partition coefficient (Wildman–Crippen LogP) is 8.52. The Morgan fingerprint density at radius 1 is 0.969 bits per heavy atom. The zero-order valence-corrected chi connectivity index (χ0v) is 36.9. The Morgan fingerprint density at radius 3 is 2.41 bits per heavy atom. The van der Waals surface area contributed by atoms with Gasteiger partial charge in [-0.05, 0) is 48.9 Å². The van der Waals surface area contributed by atoms with E-state index in [-0.39, 0.29) is 35.8 Å². The molecule has 1 spiro atoms. The zero-order chi connectivity index (χ0) is 44.4. The van der Waals surface area contributed by atoms with E-state index in [9.17, 15) is 10.1 Å². The van der Waals surface area contributed by atoms with Crippen molar-refractivity contribution in [1.82, 2.24) is 25.4 Å². The van der Waals surface area contributed by atoms with Crippen molar-refractivity contribution >= 4 is 29.2 Å². The lowest BCUT2D eigenvalue weighted by atomic mass is 9.49. The summed E-state index contributed by atoms with van der Waals surface area (Å²) in [7, 11) is 0. The van der Waals surface area contributed by atoms with Crippen LogP contribution in [0.4, 0.5) is 5.95 Å². The van der Waals surface area contributed by atoms with Crippen molar-refractivity contribution in [2.24, 2.45) is 15.8 Å². The molecule has 15 heteroatoms. The van der Waals surface area contributed by atoms with Crippen molar-refractivity contribution in [3.05, 3.63) is 136 Å². The standard InChI is InChI=1S/C49H47ClN8O6/c1-28-40-35-8-6-7-9-36(35)41(55-38(42(40)64-57-28)21-39-52-16-18-60-39)29-10-13-32(14-11-29)62-34-22-49(23-34)27-58(17-19-61-49)46-53-25-31(26-54-46)43(59)56-44-47(2,3)45(48(44,4)5)63-33-15-12-30(24-51)37(50)20-33/h6-16,18,20,25-26,34,38,44-45H,17,19,21-23,27H2,1-5H3,(H,56,59)/t34?,38-,44?,45?,49?/m0/s1. The van der Waals surface area contributed by atoms with Crippen LogP contribution in [-0.2, 0) is 11.2 Å². The van der Waals surface area contributed by atoms with Crippen molar-refractivity contribution in [1.29, 1.82) is 5.26 Å². The first-order valence-corrected chi connectivity index (χ1v) is 21.9. The molecule has 14 nitrogen and oxygen atoms in total. The molecule has 326 valence electrons. The first kappa shape index (κ1) is 41.5. The van der Waals surface area contributed by atoms with Crippen LogP contribution in [-0.4, -0.2) is 75.3 Å². The lowest BCUT2D eigenvalue weighted by Gasteiger charge is -2.63. The molecule has 64 heavy (non-hydrogen) atoms. The number of nitriles is 1. The van der Waals surface area contributed by atoms with Gasteiger partial charge in [-0.15, -0.1) is 0 Å². The largest absolute Gasteiger partial charge is 0.490 e. The third kappa shape index (κ3) is 7.36. The number of aromatic nitrogens is 4. The molecule has 3 aromatic heterocycles. The number of oxazole rings is 1. The van der Waals surface area contributed by atoms with Gasteiger partial charge in [-0.25, -0.2) is 15.0 Å². The number of carbonyl (C=O) groups is 1. The number of fused-ring (bicyclic) bond motifs is 3. The molecular formula is C49H47ClN8O6. The molecule has 1 saturated heterocycles. The quantitative estimate of drug-likeness (QED) is 0.139. The Balaban J connectivity index is 0.761. The van der Waals surface area contributed by atoms with Crippen molar-refractivity contribution in [2.75, 3.05) is 24.6 Å². The highest BCUT2D eigenvalue weighted by molar-refractivity contribution is 6.31. The van der Waals surface area contributed by atoms with Gasteiger partial charge in [-0.1, -0.05) is 68.7 Å². The van der Waals surface area contributed by atoms with Crippen LogP contribution in [0.2, 0.25) is 5.02 Å². The van der Waals surface area contributed by atoms with Crippen molar-refractivity contribution in [3.63, 3.8) is 0 Å². The third-order valence-electron chi connectivity index (χ3n) is 13.3. The first-order valence-electron chi connectivity index (χ1n) is 21.5. The number of hydrogen-bond donors (Lipinski definition) is 1. The van der Waals surface area contributed by atoms with Gasteiger partial charge in [0.05, 0.1) is 64.5 Å². The maximum atomic E-state index is 13.6. The fraction of sp³-hybridized carbons (Fsp3) is 0.367. The van der Waals surface area contributed by atoms with E-state index in [0.29, 0.717) is 65.6 Å². The highest BCUT2D eigenvalue weighted by Gasteiger charge is 2.64. The second-order valence-corrected chi connectivity index (χ2v) is 18.8. The van der Waals surface area contributed by atoms with Gasteiger partial charge in [-0.2, -0.15) is 5.26 Å². The summed E-state index contributed by atoms with van der Waals surface area (Å²) in [6.07, 6.45) is 8.02. The summed E-state index contributed by atoms with van der Waals surface area (Å²) in [5.41, 5.74) is 5.16. The van der Waals surface area contributed by atoms with Crippen LogP contribution in [0.15, 0.2) is 106 Å². The minimum atomic E-state index is -0.402. The monoisotopic (exact) mass is 878 g/mol. The lowest BCUT2D eigenvalue weighted by molar-refractivity contribution is -0.164. The zero-order valence-electron chi connectivity index (χ0n) is 36.2. The Labute approximate surface area is 375 Å². The molecule has 2 saturated carbocycles. The van der Waals surface area contributed by atoms with E-state index < -0.39 is 10.8 Å². The molecule has 1 N–H and O–H groups in total. The van der Waals surface area contributed by atoms with Gasteiger partial charge in [0, 0.05) is 65.8 Å². The minimum Gasteiger partial charge on any atom is -0.490 e. The molecule has 1 atom stereocenters. The average Bonchev–Trinajstić information content (AvgIpc) is 3.92. The van der Waals surface area contributed by atoms with Gasteiger partial charge in [0.2, 0.25) is 5.95 Å². The van der Waals surface area contributed by atoms with Crippen LogP contribution in [0.3, 0.4) is 0 Å². The van der Waals surface area contributed by atoms with Crippen LogP contribution < -0.4 is 19.7 Å². The highest BCUT2D eigenvalue weighted by Crippen LogP contribution is 2.56. The van der Waals surface area contributed by atoms with Crippen molar-refractivity contribution in [3.8, 4) is 28.7 Å². The number of hydrogen-bond acceptors (Lipinski definition) is 13. The minimum absolute atomic E-state index is 0.0163. The maximum absolute atomic E-state index is 13.6. The van der Waals surface area contributed by atoms with E-state index in [4.69, 9.17) is 39.7 Å². The summed E-state index contributed by atoms with van der Waals surface area (Å²) in [5, 5.41) is 17.1. The molecule has 0 bridgehead atoms. The number of nitrogens with one attached hydrogen (secondary N) is 1. The molecular weight excluding hydrogens is 832 g/mol. The van der Waals surface area contributed by atoms with Crippen LogP contribution in [0.5, 0.6) is 11.5 Å². The second kappa shape index (κ2) is 15.9. The van der Waals surface area contributed by atoms with E-state index in [1.165, 1.54) is 0 Å². The van der Waals surface area contributed by atoms with Crippen molar-refractivity contribution in [2.45, 2.75) is 83.8 Å². The summed E-state index contributed by atoms with van der Waals surface area (Å²) in [5.74, 6) is 2.92. The number of halogens is 1. The van der Waals surface area contributed by atoms with E-state index >= 15 is 0 Å². The summed E-state index contributed by atoms with van der Waals surface area (Å²) in [6, 6.07) is 22.9. The molecule has 10 rings (SSSR count). The number of aryl methyl sites for hydroxylation is 1. The Morgan fingerprint density at radius 2 is 1.70 bits per heavy atom. The number of benzene rings is 3. The predicted molar refractivity (Wildman–Crippen MR) is 238 cm³/mol. The van der Waals surface area contributed by atoms with Crippen LogP contribution >= 0.6 is 11.6 Å². The number of morpholine rings is 1. The fourth-order valence-corrected chi connectivity index (χ4v) is 10.6. The topological polar surface area (TPSA) is 174 Å². The Kier molecular flexibility index (Phi) is 10.3. The van der Waals surface area contributed by atoms with E-state index in [1.54, 1.807) is 43.1 Å². The van der Waals surface area contributed by atoms with Crippen LogP contribution in [0.25, 0.3) is 11.1 Å². The van der Waals surface area contributed by atoms with Gasteiger partial charge in [0.15, 0.2) is 11.7 Å². The normalized spacial score (nSPS) is 21.5. The van der Waals surface area contributed by atoms with Crippen LogP contribution in [0.1, 0.15) is 91.0 Å². The second-order valence-electron chi connectivity index (χ2n) is 18.4. The SMILES string of the molecule is Cc1noc2c1-c1ccccc1C(c1ccc(OC3CC4(C3)CN(c3ncc(C(=O)NC5C(C)(C)C(Oc6ccc(C#N)c(Cl)c6)C5(C)C)cn3)CCO4)cc1)=N[C@H]2Cc1ncco1. The number of nitrogens with zero attached hydrogens (tertiary/aromatic N) is 7. The number of ether oxygens (including phenoxy) is 3. The smallest absolute Gasteiger partial charge is 0.254 e. The average molecular weight is 879 g/mol. The molecule has 6 aromatic rings. The first-order chi connectivity index (χ1) is 30.8. The highest BCUT2D eigenvalue weighted by atomic mass is 35.5.